The van der Waals surface area contributed by atoms with Crippen LogP contribution in [0.2, 0.25) is 5.02 Å². The molecule has 3 N–H and O–H groups in total. The van der Waals surface area contributed by atoms with Crippen molar-refractivity contribution in [1.82, 2.24) is 20.1 Å². The SMILES string of the molecule is CN(C(=O)NCc1cc2cc(Cl)ccc2[nH]1)C1CCCN(C(=O)C2CC(C)(O)C2)C1. The van der Waals surface area contributed by atoms with E-state index >= 15 is 0 Å². The number of piperidine rings is 1. The average Bonchev–Trinajstić information content (AvgIpc) is 3.11. The second-order valence-electron chi connectivity index (χ2n) is 8.98. The van der Waals surface area contributed by atoms with Gasteiger partial charge in [-0.1, -0.05) is 11.6 Å². The summed E-state index contributed by atoms with van der Waals surface area (Å²) in [6, 6.07) is 7.46. The lowest BCUT2D eigenvalue weighted by atomic mass is 9.71. The molecule has 2 aliphatic rings. The van der Waals surface area contributed by atoms with Crippen LogP contribution in [0, 0.1) is 5.92 Å². The molecule has 0 bridgehead atoms. The van der Waals surface area contributed by atoms with Gasteiger partial charge >= 0.3 is 6.03 Å². The lowest BCUT2D eigenvalue weighted by Gasteiger charge is -2.44. The maximum Gasteiger partial charge on any atom is 0.317 e. The van der Waals surface area contributed by atoms with Crippen LogP contribution in [0.1, 0.15) is 38.3 Å². The average molecular weight is 433 g/mol. The van der Waals surface area contributed by atoms with Crippen molar-refractivity contribution in [2.24, 2.45) is 5.92 Å². The molecule has 7 nitrogen and oxygen atoms in total. The zero-order valence-corrected chi connectivity index (χ0v) is 18.2. The summed E-state index contributed by atoms with van der Waals surface area (Å²) in [6.07, 6.45) is 2.80. The molecule has 1 aliphatic heterocycles. The third kappa shape index (κ3) is 4.42. The van der Waals surface area contributed by atoms with Crippen molar-refractivity contribution in [3.8, 4) is 0 Å². The highest BCUT2D eigenvalue weighted by molar-refractivity contribution is 6.31. The van der Waals surface area contributed by atoms with Gasteiger partial charge in [-0.25, -0.2) is 4.79 Å². The van der Waals surface area contributed by atoms with Crippen molar-refractivity contribution in [2.45, 2.75) is 50.8 Å². The maximum absolute atomic E-state index is 12.7. The Morgan fingerprint density at radius 3 is 2.87 bits per heavy atom. The summed E-state index contributed by atoms with van der Waals surface area (Å²) in [7, 11) is 1.78. The van der Waals surface area contributed by atoms with Gasteiger partial charge < -0.3 is 25.2 Å². The predicted octanol–water partition coefficient (Wildman–Crippen LogP) is 3.11. The fourth-order valence-electron chi connectivity index (χ4n) is 4.63. The van der Waals surface area contributed by atoms with Gasteiger partial charge in [0, 0.05) is 47.7 Å². The summed E-state index contributed by atoms with van der Waals surface area (Å²) < 4.78 is 0. The van der Waals surface area contributed by atoms with Gasteiger partial charge in [0.15, 0.2) is 0 Å². The van der Waals surface area contributed by atoms with E-state index in [1.807, 2.05) is 29.2 Å². The molecule has 0 radical (unpaired) electrons. The van der Waals surface area contributed by atoms with Gasteiger partial charge in [0.05, 0.1) is 18.2 Å². The fraction of sp³-hybridized carbons (Fsp3) is 0.545. The second-order valence-corrected chi connectivity index (χ2v) is 9.41. The number of urea groups is 1. The van der Waals surface area contributed by atoms with E-state index in [0.717, 1.165) is 36.0 Å². The second kappa shape index (κ2) is 8.12. The number of nitrogens with one attached hydrogen (secondary N) is 2. The van der Waals surface area contributed by atoms with Crippen LogP contribution in [0.5, 0.6) is 0 Å². The van der Waals surface area contributed by atoms with Crippen molar-refractivity contribution < 1.29 is 14.7 Å². The van der Waals surface area contributed by atoms with Crippen LogP contribution in [0.25, 0.3) is 10.9 Å². The first kappa shape index (κ1) is 21.0. The molecule has 1 saturated carbocycles. The van der Waals surface area contributed by atoms with Crippen molar-refractivity contribution in [2.75, 3.05) is 20.1 Å². The van der Waals surface area contributed by atoms with Crippen molar-refractivity contribution in [1.29, 1.82) is 0 Å². The molecule has 1 saturated heterocycles. The first-order valence-electron chi connectivity index (χ1n) is 10.5. The lowest BCUT2D eigenvalue weighted by Crippen LogP contribution is -2.56. The number of carbonyl (C=O) groups excluding carboxylic acids is 2. The number of H-pyrrole nitrogens is 1. The number of rotatable bonds is 4. The summed E-state index contributed by atoms with van der Waals surface area (Å²) in [5.41, 5.74) is 1.18. The molecule has 1 aromatic carbocycles. The standard InChI is InChI=1S/C22H29ClN4O3/c1-22(30)10-15(11-22)20(28)27-7-3-4-18(13-27)26(2)21(29)24-12-17-9-14-8-16(23)5-6-19(14)25-17/h5-6,8-9,15,18,25,30H,3-4,7,10-13H2,1-2H3,(H,24,29). The Morgan fingerprint density at radius 1 is 1.37 bits per heavy atom. The molecule has 3 amide bonds. The largest absolute Gasteiger partial charge is 0.390 e. The van der Waals surface area contributed by atoms with Crippen LogP contribution in [0.4, 0.5) is 4.79 Å². The molecule has 0 spiro atoms. The number of likely N-dealkylation sites (tertiary alicyclic amines) is 1. The Labute approximate surface area is 181 Å². The zero-order chi connectivity index (χ0) is 21.5. The number of fused-ring (bicyclic) bond motifs is 1. The predicted molar refractivity (Wildman–Crippen MR) is 116 cm³/mol. The Hall–Kier alpha value is -2.25. The molecule has 1 atom stereocenters. The first-order chi connectivity index (χ1) is 14.2. The van der Waals surface area contributed by atoms with Crippen LogP contribution >= 0.6 is 11.6 Å². The van der Waals surface area contributed by atoms with Gasteiger partial charge in [0.2, 0.25) is 5.91 Å². The molecular weight excluding hydrogens is 404 g/mol. The fourth-order valence-corrected chi connectivity index (χ4v) is 4.81. The van der Waals surface area contributed by atoms with E-state index in [2.05, 4.69) is 10.3 Å². The van der Waals surface area contributed by atoms with Crippen LogP contribution in [0.15, 0.2) is 24.3 Å². The highest BCUT2D eigenvalue weighted by Gasteiger charge is 2.44. The maximum atomic E-state index is 12.7. The monoisotopic (exact) mass is 432 g/mol. The van der Waals surface area contributed by atoms with Crippen LogP contribution in [-0.4, -0.2) is 63.6 Å². The molecule has 1 aromatic heterocycles. The zero-order valence-electron chi connectivity index (χ0n) is 17.4. The summed E-state index contributed by atoms with van der Waals surface area (Å²) in [4.78, 5) is 32.2. The van der Waals surface area contributed by atoms with Crippen LogP contribution in [-0.2, 0) is 11.3 Å². The van der Waals surface area contributed by atoms with Gasteiger partial charge in [-0.3, -0.25) is 4.79 Å². The van der Waals surface area contributed by atoms with Crippen LogP contribution in [0.3, 0.4) is 0 Å². The van der Waals surface area contributed by atoms with E-state index in [1.165, 1.54) is 0 Å². The third-order valence-electron chi connectivity index (χ3n) is 6.37. The minimum Gasteiger partial charge on any atom is -0.390 e. The normalized spacial score (nSPS) is 26.3. The minimum absolute atomic E-state index is 0.00944. The molecule has 1 unspecified atom stereocenters. The van der Waals surface area contributed by atoms with Gasteiger partial charge in [-0.15, -0.1) is 0 Å². The Kier molecular flexibility index (Phi) is 5.68. The number of carbonyl (C=O) groups is 2. The van der Waals surface area contributed by atoms with Gasteiger partial charge in [0.1, 0.15) is 0 Å². The van der Waals surface area contributed by atoms with Gasteiger partial charge in [-0.05, 0) is 56.9 Å². The summed E-state index contributed by atoms with van der Waals surface area (Å²) in [5, 5.41) is 14.6. The number of likely N-dealkylation sites (N-methyl/N-ethyl adjacent to an activating group) is 1. The summed E-state index contributed by atoms with van der Waals surface area (Å²) in [5.74, 6) is 0.0187. The van der Waals surface area contributed by atoms with E-state index in [1.54, 1.807) is 18.9 Å². The molecule has 8 heteroatoms. The number of hydrogen-bond acceptors (Lipinski definition) is 3. The van der Waals surface area contributed by atoms with E-state index in [9.17, 15) is 14.7 Å². The van der Waals surface area contributed by atoms with E-state index in [-0.39, 0.29) is 23.9 Å². The van der Waals surface area contributed by atoms with Crippen molar-refractivity contribution in [3.05, 3.63) is 35.0 Å². The van der Waals surface area contributed by atoms with E-state index in [4.69, 9.17) is 11.6 Å². The van der Waals surface area contributed by atoms with Crippen molar-refractivity contribution >= 4 is 34.4 Å². The lowest BCUT2D eigenvalue weighted by molar-refractivity contribution is -0.151. The number of aromatic amines is 1. The topological polar surface area (TPSA) is 88.7 Å². The van der Waals surface area contributed by atoms with Gasteiger partial charge in [0.25, 0.3) is 0 Å². The highest BCUT2D eigenvalue weighted by atomic mass is 35.5. The number of halogens is 1. The highest BCUT2D eigenvalue weighted by Crippen LogP contribution is 2.38. The van der Waals surface area contributed by atoms with E-state index in [0.29, 0.717) is 31.0 Å². The Balaban J connectivity index is 1.31. The Morgan fingerprint density at radius 2 is 2.13 bits per heavy atom. The number of amides is 3. The molecule has 30 heavy (non-hydrogen) atoms. The minimum atomic E-state index is -0.708. The smallest absolute Gasteiger partial charge is 0.317 e. The molecular formula is C22H29ClN4O3. The molecule has 2 fully saturated rings. The van der Waals surface area contributed by atoms with Gasteiger partial charge in [-0.2, -0.15) is 0 Å². The number of benzene rings is 1. The third-order valence-corrected chi connectivity index (χ3v) is 6.60. The number of aliphatic hydroxyl groups is 1. The molecule has 2 heterocycles. The van der Waals surface area contributed by atoms with E-state index < -0.39 is 5.60 Å². The molecule has 162 valence electrons. The number of aromatic nitrogens is 1. The molecule has 1 aliphatic carbocycles. The first-order valence-corrected chi connectivity index (χ1v) is 10.9. The molecule has 4 rings (SSSR count). The summed E-state index contributed by atoms with van der Waals surface area (Å²) in [6.45, 7) is 3.44. The quantitative estimate of drug-likeness (QED) is 0.693. The number of hydrogen-bond donors (Lipinski definition) is 3. The van der Waals surface area contributed by atoms with Crippen molar-refractivity contribution in [3.63, 3.8) is 0 Å². The Bertz CT molecular complexity index is 949. The van der Waals surface area contributed by atoms with Crippen LogP contribution < -0.4 is 5.32 Å². The summed E-state index contributed by atoms with van der Waals surface area (Å²) >= 11 is 6.03. The number of nitrogens with zero attached hydrogens (tertiary/aromatic N) is 2. The molecule has 2 aromatic rings.